The molecular formula is C17H27N3O3S. The Morgan fingerprint density at radius 1 is 1.17 bits per heavy atom. The first kappa shape index (κ1) is 18.9. The molecule has 2 rings (SSSR count). The number of benzene rings is 1. The zero-order chi connectivity index (χ0) is 17.8. The van der Waals surface area contributed by atoms with E-state index in [0.717, 1.165) is 25.7 Å². The van der Waals surface area contributed by atoms with Crippen LogP contribution in [0.15, 0.2) is 29.2 Å². The van der Waals surface area contributed by atoms with E-state index >= 15 is 0 Å². The van der Waals surface area contributed by atoms with E-state index in [2.05, 4.69) is 4.72 Å². The van der Waals surface area contributed by atoms with Crippen molar-refractivity contribution in [2.24, 2.45) is 5.73 Å². The third kappa shape index (κ3) is 3.96. The van der Waals surface area contributed by atoms with Gasteiger partial charge in [-0.25, -0.2) is 13.1 Å². The second-order valence-corrected chi connectivity index (χ2v) is 7.98. The van der Waals surface area contributed by atoms with Crippen LogP contribution in [0.4, 0.5) is 0 Å². The van der Waals surface area contributed by atoms with Crippen LogP contribution in [0.1, 0.15) is 49.9 Å². The molecular weight excluding hydrogens is 326 g/mol. The van der Waals surface area contributed by atoms with Gasteiger partial charge in [0.25, 0.3) is 5.91 Å². The average Bonchev–Trinajstić information content (AvgIpc) is 3.04. The van der Waals surface area contributed by atoms with Gasteiger partial charge in [-0.15, -0.1) is 0 Å². The molecule has 0 heterocycles. The molecule has 1 aliphatic rings. The molecule has 3 N–H and O–H groups in total. The molecule has 24 heavy (non-hydrogen) atoms. The zero-order valence-electron chi connectivity index (χ0n) is 14.4. The molecule has 1 aromatic carbocycles. The lowest BCUT2D eigenvalue weighted by Crippen LogP contribution is -2.51. The Balaban J connectivity index is 2.18. The first-order valence-corrected chi connectivity index (χ1v) is 9.99. The molecule has 1 aliphatic carbocycles. The van der Waals surface area contributed by atoms with Gasteiger partial charge in [-0.05, 0) is 51.0 Å². The standard InChI is InChI=1S/C17H27N3O3S/c1-3-20(4-2)16(21)14-7-9-15(10-8-14)24(22,23)19-17(13-18)11-5-6-12-17/h7-10,19H,3-6,11-13,18H2,1-2H3. The highest BCUT2D eigenvalue weighted by Gasteiger charge is 2.36. The van der Waals surface area contributed by atoms with Crippen molar-refractivity contribution in [3.63, 3.8) is 0 Å². The first-order chi connectivity index (χ1) is 11.4. The lowest BCUT2D eigenvalue weighted by atomic mass is 10.0. The monoisotopic (exact) mass is 353 g/mol. The lowest BCUT2D eigenvalue weighted by Gasteiger charge is -2.28. The molecule has 0 atom stereocenters. The fourth-order valence-corrected chi connectivity index (χ4v) is 4.68. The van der Waals surface area contributed by atoms with E-state index < -0.39 is 15.6 Å². The average molecular weight is 353 g/mol. The summed E-state index contributed by atoms with van der Waals surface area (Å²) in [6.07, 6.45) is 3.50. The number of nitrogens with two attached hydrogens (primary N) is 1. The second-order valence-electron chi connectivity index (χ2n) is 6.30. The molecule has 0 radical (unpaired) electrons. The number of carbonyl (C=O) groups excluding carboxylic acids is 1. The van der Waals surface area contributed by atoms with E-state index in [1.165, 1.54) is 12.1 Å². The van der Waals surface area contributed by atoms with E-state index in [9.17, 15) is 13.2 Å². The largest absolute Gasteiger partial charge is 0.339 e. The molecule has 7 heteroatoms. The van der Waals surface area contributed by atoms with Crippen LogP contribution in [0.2, 0.25) is 0 Å². The molecule has 1 amide bonds. The van der Waals surface area contributed by atoms with Gasteiger partial charge in [0.2, 0.25) is 10.0 Å². The highest BCUT2D eigenvalue weighted by Crippen LogP contribution is 2.30. The molecule has 0 aliphatic heterocycles. The van der Waals surface area contributed by atoms with Crippen LogP contribution >= 0.6 is 0 Å². The Labute approximate surface area is 144 Å². The Kier molecular flexibility index (Phi) is 6.01. The van der Waals surface area contributed by atoms with Crippen LogP contribution in [-0.2, 0) is 10.0 Å². The van der Waals surface area contributed by atoms with E-state index in [1.807, 2.05) is 13.8 Å². The number of hydrogen-bond donors (Lipinski definition) is 2. The van der Waals surface area contributed by atoms with Gasteiger partial charge in [0, 0.05) is 30.7 Å². The van der Waals surface area contributed by atoms with Crippen molar-refractivity contribution in [2.75, 3.05) is 19.6 Å². The summed E-state index contributed by atoms with van der Waals surface area (Å²) >= 11 is 0. The number of nitrogens with zero attached hydrogens (tertiary/aromatic N) is 1. The third-order valence-electron chi connectivity index (χ3n) is 4.76. The van der Waals surface area contributed by atoms with Gasteiger partial charge in [0.1, 0.15) is 0 Å². The van der Waals surface area contributed by atoms with Crippen LogP contribution in [-0.4, -0.2) is 44.4 Å². The van der Waals surface area contributed by atoms with Crippen molar-refractivity contribution in [3.8, 4) is 0 Å². The van der Waals surface area contributed by atoms with Crippen LogP contribution in [0.3, 0.4) is 0 Å². The molecule has 1 fully saturated rings. The summed E-state index contributed by atoms with van der Waals surface area (Å²) in [4.78, 5) is 14.2. The molecule has 0 unspecified atom stereocenters. The summed E-state index contributed by atoms with van der Waals surface area (Å²) in [7, 11) is -3.64. The van der Waals surface area contributed by atoms with Crippen molar-refractivity contribution >= 4 is 15.9 Å². The molecule has 1 saturated carbocycles. The van der Waals surface area contributed by atoms with Gasteiger partial charge in [-0.2, -0.15) is 0 Å². The van der Waals surface area contributed by atoms with Gasteiger partial charge < -0.3 is 10.6 Å². The summed E-state index contributed by atoms with van der Waals surface area (Å²) < 4.78 is 28.0. The highest BCUT2D eigenvalue weighted by molar-refractivity contribution is 7.89. The van der Waals surface area contributed by atoms with Crippen molar-refractivity contribution < 1.29 is 13.2 Å². The van der Waals surface area contributed by atoms with Gasteiger partial charge in [0.05, 0.1) is 4.90 Å². The number of rotatable bonds is 7. The first-order valence-electron chi connectivity index (χ1n) is 8.51. The fourth-order valence-electron chi connectivity index (χ4n) is 3.21. The van der Waals surface area contributed by atoms with Gasteiger partial charge in [-0.3, -0.25) is 4.79 Å². The Bertz CT molecular complexity index is 661. The Hall–Kier alpha value is -1.44. The van der Waals surface area contributed by atoms with E-state index in [1.54, 1.807) is 17.0 Å². The van der Waals surface area contributed by atoms with Crippen LogP contribution in [0, 0.1) is 0 Å². The minimum absolute atomic E-state index is 0.0915. The van der Waals surface area contributed by atoms with Crippen LogP contribution in [0.25, 0.3) is 0 Å². The highest BCUT2D eigenvalue weighted by atomic mass is 32.2. The summed E-state index contributed by atoms with van der Waals surface area (Å²) in [5.41, 5.74) is 5.76. The number of nitrogens with one attached hydrogen (secondary N) is 1. The third-order valence-corrected chi connectivity index (χ3v) is 6.36. The minimum atomic E-state index is -3.64. The summed E-state index contributed by atoms with van der Waals surface area (Å²) in [6, 6.07) is 6.11. The van der Waals surface area contributed by atoms with Gasteiger partial charge in [0.15, 0.2) is 0 Å². The molecule has 1 aromatic rings. The van der Waals surface area contributed by atoms with Crippen molar-refractivity contribution in [2.45, 2.75) is 50.0 Å². The van der Waals surface area contributed by atoms with Crippen LogP contribution in [0.5, 0.6) is 0 Å². The number of sulfonamides is 1. The minimum Gasteiger partial charge on any atom is -0.339 e. The molecule has 0 bridgehead atoms. The Morgan fingerprint density at radius 3 is 2.17 bits per heavy atom. The predicted molar refractivity (Wildman–Crippen MR) is 94.3 cm³/mol. The molecule has 134 valence electrons. The maximum absolute atomic E-state index is 12.6. The normalized spacial score (nSPS) is 17.0. The summed E-state index contributed by atoms with van der Waals surface area (Å²) in [5.74, 6) is -0.0915. The summed E-state index contributed by atoms with van der Waals surface area (Å²) in [5, 5.41) is 0. The predicted octanol–water partition coefficient (Wildman–Crippen LogP) is 1.72. The van der Waals surface area contributed by atoms with Crippen LogP contribution < -0.4 is 10.5 Å². The number of carbonyl (C=O) groups is 1. The smallest absolute Gasteiger partial charge is 0.253 e. The second kappa shape index (κ2) is 7.63. The topological polar surface area (TPSA) is 92.5 Å². The van der Waals surface area contributed by atoms with Crippen molar-refractivity contribution in [3.05, 3.63) is 29.8 Å². The molecule has 6 nitrogen and oxygen atoms in total. The molecule has 0 aromatic heterocycles. The van der Waals surface area contributed by atoms with E-state index in [4.69, 9.17) is 5.73 Å². The Morgan fingerprint density at radius 2 is 1.71 bits per heavy atom. The molecule has 0 saturated heterocycles. The zero-order valence-corrected chi connectivity index (χ0v) is 15.2. The van der Waals surface area contributed by atoms with E-state index in [0.29, 0.717) is 25.2 Å². The maximum Gasteiger partial charge on any atom is 0.253 e. The van der Waals surface area contributed by atoms with Crippen molar-refractivity contribution in [1.82, 2.24) is 9.62 Å². The SMILES string of the molecule is CCN(CC)C(=O)c1ccc(S(=O)(=O)NC2(CN)CCCC2)cc1. The number of hydrogen-bond acceptors (Lipinski definition) is 4. The maximum atomic E-state index is 12.6. The van der Waals surface area contributed by atoms with Gasteiger partial charge >= 0.3 is 0 Å². The number of amides is 1. The van der Waals surface area contributed by atoms with Gasteiger partial charge in [-0.1, -0.05) is 12.8 Å². The molecule has 0 spiro atoms. The summed E-state index contributed by atoms with van der Waals surface area (Å²) in [6.45, 7) is 5.37. The quantitative estimate of drug-likeness (QED) is 0.780. The fraction of sp³-hybridized carbons (Fsp3) is 0.588. The van der Waals surface area contributed by atoms with E-state index in [-0.39, 0.29) is 10.8 Å². The van der Waals surface area contributed by atoms with Crippen molar-refractivity contribution in [1.29, 1.82) is 0 Å². The lowest BCUT2D eigenvalue weighted by molar-refractivity contribution is 0.0773.